The van der Waals surface area contributed by atoms with E-state index in [2.05, 4.69) is 5.32 Å². The number of nitrogens with two attached hydrogens (primary N) is 1. The van der Waals surface area contributed by atoms with Crippen molar-refractivity contribution in [1.29, 1.82) is 0 Å². The highest BCUT2D eigenvalue weighted by Gasteiger charge is 2.03. The quantitative estimate of drug-likeness (QED) is 0.771. The largest absolute Gasteiger partial charge is 0.397 e. The second kappa shape index (κ2) is 4.45. The van der Waals surface area contributed by atoms with Gasteiger partial charge in [0.25, 0.3) is 0 Å². The van der Waals surface area contributed by atoms with E-state index in [1.54, 1.807) is 6.07 Å². The van der Waals surface area contributed by atoms with Gasteiger partial charge in [0.05, 0.1) is 11.4 Å². The molecule has 0 atom stereocenters. The molecule has 0 fully saturated rings. The van der Waals surface area contributed by atoms with Gasteiger partial charge in [-0.25, -0.2) is 4.39 Å². The van der Waals surface area contributed by atoms with Crippen LogP contribution in [0.1, 0.15) is 11.1 Å². The van der Waals surface area contributed by atoms with Crippen LogP contribution in [0.5, 0.6) is 0 Å². The summed E-state index contributed by atoms with van der Waals surface area (Å²) in [4.78, 5) is 0. The highest BCUT2D eigenvalue weighted by atomic mass is 19.1. The summed E-state index contributed by atoms with van der Waals surface area (Å²) in [5, 5.41) is 3.14. The van der Waals surface area contributed by atoms with Crippen molar-refractivity contribution in [2.75, 3.05) is 11.1 Å². The van der Waals surface area contributed by atoms with E-state index in [0.29, 0.717) is 5.69 Å². The summed E-state index contributed by atoms with van der Waals surface area (Å²) in [6.07, 6.45) is 0. The molecule has 0 aliphatic heterocycles. The molecule has 0 unspecified atom stereocenters. The van der Waals surface area contributed by atoms with Crippen molar-refractivity contribution in [2.45, 2.75) is 13.8 Å². The van der Waals surface area contributed by atoms with E-state index >= 15 is 0 Å². The van der Waals surface area contributed by atoms with Gasteiger partial charge in [-0.2, -0.15) is 0 Å². The van der Waals surface area contributed by atoms with Crippen LogP contribution in [-0.4, -0.2) is 0 Å². The van der Waals surface area contributed by atoms with Crippen molar-refractivity contribution in [3.05, 3.63) is 53.3 Å². The maximum Gasteiger partial charge on any atom is 0.125 e. The fraction of sp³-hybridized carbons (Fsp3) is 0.143. The Morgan fingerprint density at radius 3 is 2.47 bits per heavy atom. The van der Waals surface area contributed by atoms with Gasteiger partial charge in [-0.1, -0.05) is 12.1 Å². The number of hydrogen-bond donors (Lipinski definition) is 2. The molecule has 0 amide bonds. The molecular weight excluding hydrogens is 215 g/mol. The van der Waals surface area contributed by atoms with Crippen LogP contribution < -0.4 is 11.1 Å². The Balaban J connectivity index is 2.34. The van der Waals surface area contributed by atoms with Gasteiger partial charge in [-0.3, -0.25) is 0 Å². The van der Waals surface area contributed by atoms with E-state index < -0.39 is 0 Å². The third kappa shape index (κ3) is 2.56. The van der Waals surface area contributed by atoms with Gasteiger partial charge in [-0.15, -0.1) is 0 Å². The second-order valence-corrected chi connectivity index (χ2v) is 4.17. The van der Waals surface area contributed by atoms with Crippen molar-refractivity contribution in [1.82, 2.24) is 0 Å². The number of rotatable bonds is 2. The zero-order valence-corrected chi connectivity index (χ0v) is 9.92. The minimum atomic E-state index is -0.260. The van der Waals surface area contributed by atoms with Crippen molar-refractivity contribution in [2.24, 2.45) is 0 Å². The van der Waals surface area contributed by atoms with E-state index in [9.17, 15) is 4.39 Å². The predicted molar refractivity (Wildman–Crippen MR) is 70.0 cm³/mol. The number of nitrogens with one attached hydrogen (secondary N) is 1. The summed E-state index contributed by atoms with van der Waals surface area (Å²) in [6, 6.07) is 10.4. The molecule has 2 rings (SSSR count). The molecule has 0 spiro atoms. The molecule has 2 aromatic carbocycles. The molecule has 0 aromatic heterocycles. The van der Waals surface area contributed by atoms with Crippen molar-refractivity contribution >= 4 is 17.1 Å². The van der Waals surface area contributed by atoms with Crippen molar-refractivity contribution in [3.63, 3.8) is 0 Å². The molecule has 0 aliphatic carbocycles. The van der Waals surface area contributed by atoms with Crippen LogP contribution >= 0.6 is 0 Å². The van der Waals surface area contributed by atoms with Crippen LogP contribution in [0.4, 0.5) is 21.5 Å². The first-order chi connectivity index (χ1) is 8.06. The van der Waals surface area contributed by atoms with Crippen LogP contribution in [0.2, 0.25) is 0 Å². The summed E-state index contributed by atoms with van der Waals surface area (Å²) in [7, 11) is 0. The Labute approximate surface area is 100 Å². The van der Waals surface area contributed by atoms with Gasteiger partial charge in [0.15, 0.2) is 0 Å². The number of benzene rings is 2. The summed E-state index contributed by atoms with van der Waals surface area (Å²) in [5.74, 6) is -0.260. The van der Waals surface area contributed by atoms with Crippen LogP contribution in [-0.2, 0) is 0 Å². The Morgan fingerprint density at radius 2 is 1.76 bits per heavy atom. The Morgan fingerprint density at radius 1 is 1.00 bits per heavy atom. The van der Waals surface area contributed by atoms with E-state index in [0.717, 1.165) is 22.5 Å². The third-order valence-corrected chi connectivity index (χ3v) is 2.68. The predicted octanol–water partition coefficient (Wildman–Crippen LogP) is 3.77. The average molecular weight is 230 g/mol. The lowest BCUT2D eigenvalue weighted by molar-refractivity contribution is 0.628. The molecule has 2 nitrogen and oxygen atoms in total. The van der Waals surface area contributed by atoms with Crippen molar-refractivity contribution < 1.29 is 4.39 Å². The zero-order valence-electron chi connectivity index (χ0n) is 9.92. The smallest absolute Gasteiger partial charge is 0.125 e. The van der Waals surface area contributed by atoms with E-state index in [1.165, 1.54) is 12.1 Å². The first-order valence-corrected chi connectivity index (χ1v) is 5.45. The molecule has 0 saturated carbocycles. The lowest BCUT2D eigenvalue weighted by Crippen LogP contribution is -1.98. The molecule has 0 heterocycles. The second-order valence-electron chi connectivity index (χ2n) is 4.17. The van der Waals surface area contributed by atoms with Crippen LogP contribution in [0.15, 0.2) is 36.4 Å². The molecule has 0 radical (unpaired) electrons. The topological polar surface area (TPSA) is 38.0 Å². The molecule has 88 valence electrons. The normalized spacial score (nSPS) is 10.3. The molecule has 2 aromatic rings. The first-order valence-electron chi connectivity index (χ1n) is 5.45. The minimum Gasteiger partial charge on any atom is -0.397 e. The van der Waals surface area contributed by atoms with Crippen molar-refractivity contribution in [3.8, 4) is 0 Å². The maximum absolute atomic E-state index is 13.1. The fourth-order valence-corrected chi connectivity index (χ4v) is 1.67. The average Bonchev–Trinajstić information content (AvgIpc) is 2.27. The summed E-state index contributed by atoms with van der Waals surface area (Å²) in [5.41, 5.74) is 10.2. The molecule has 3 heteroatoms. The minimum absolute atomic E-state index is 0.260. The lowest BCUT2D eigenvalue weighted by atomic mass is 10.1. The third-order valence-electron chi connectivity index (χ3n) is 2.68. The molecule has 0 aliphatic rings. The van der Waals surface area contributed by atoms with E-state index in [-0.39, 0.29) is 5.82 Å². The van der Waals surface area contributed by atoms with Gasteiger partial charge in [-0.05, 0) is 49.2 Å². The molecule has 0 bridgehead atoms. The first kappa shape index (κ1) is 11.5. The summed E-state index contributed by atoms with van der Waals surface area (Å²) < 4.78 is 13.1. The van der Waals surface area contributed by atoms with E-state index in [1.807, 2.05) is 32.0 Å². The molecule has 3 N–H and O–H groups in total. The van der Waals surface area contributed by atoms with Crippen LogP contribution in [0.25, 0.3) is 0 Å². The fourth-order valence-electron chi connectivity index (χ4n) is 1.67. The van der Waals surface area contributed by atoms with Gasteiger partial charge in [0, 0.05) is 5.69 Å². The number of aryl methyl sites for hydroxylation is 2. The SMILES string of the molecule is Cc1ccc(Nc2cc(F)ccc2C)c(N)c1. The van der Waals surface area contributed by atoms with Gasteiger partial charge in [0.1, 0.15) is 5.82 Å². The van der Waals surface area contributed by atoms with Gasteiger partial charge < -0.3 is 11.1 Å². The lowest BCUT2D eigenvalue weighted by Gasteiger charge is -2.12. The van der Waals surface area contributed by atoms with Gasteiger partial charge in [0.2, 0.25) is 0 Å². The maximum atomic E-state index is 13.1. The summed E-state index contributed by atoms with van der Waals surface area (Å²) >= 11 is 0. The monoisotopic (exact) mass is 230 g/mol. The highest BCUT2D eigenvalue weighted by Crippen LogP contribution is 2.26. The molecule has 0 saturated heterocycles. The Kier molecular flexibility index (Phi) is 3.00. The number of hydrogen-bond acceptors (Lipinski definition) is 2. The van der Waals surface area contributed by atoms with Gasteiger partial charge >= 0.3 is 0 Å². The standard InChI is InChI=1S/C14H15FN2/c1-9-3-6-13(12(16)7-9)17-14-8-11(15)5-4-10(14)2/h3-8,17H,16H2,1-2H3. The molecular formula is C14H15FN2. The highest BCUT2D eigenvalue weighted by molar-refractivity contribution is 5.74. The summed E-state index contributed by atoms with van der Waals surface area (Å²) in [6.45, 7) is 3.90. The number of halogens is 1. The zero-order chi connectivity index (χ0) is 12.4. The molecule has 17 heavy (non-hydrogen) atoms. The van der Waals surface area contributed by atoms with E-state index in [4.69, 9.17) is 5.73 Å². The Bertz CT molecular complexity index is 550. The number of anilines is 3. The van der Waals surface area contributed by atoms with Crippen LogP contribution in [0.3, 0.4) is 0 Å². The Hall–Kier alpha value is -2.03. The van der Waals surface area contributed by atoms with Crippen LogP contribution in [0, 0.1) is 19.7 Å². The number of nitrogen functional groups attached to an aromatic ring is 1.